The second-order valence-electron chi connectivity index (χ2n) is 3.28. The fraction of sp³-hybridized carbons (Fsp3) is 0.800. The van der Waals surface area contributed by atoms with E-state index >= 15 is 0 Å². The largest absolute Gasteiger partial charge is 0.344 e. The summed E-state index contributed by atoms with van der Waals surface area (Å²) in [6.07, 6.45) is -2.20. The molecule has 0 aromatic heterocycles. The Kier molecular flexibility index (Phi) is 6.34. The standard InChI is InChI=1S/C5H14N2O7P2S/c6-4(1-17)5(8)7(2-15(9,10)11)3-16(12,13)14/h4,17H,1-3,6H2,(H2,9,10,11)(H2,12,13,14)/t4-/m0/s1. The molecule has 0 radical (unpaired) electrons. The number of nitrogens with two attached hydrogens (primary N) is 1. The van der Waals surface area contributed by atoms with E-state index in [1.807, 2.05) is 0 Å². The van der Waals surface area contributed by atoms with E-state index in [0.29, 0.717) is 4.90 Å². The van der Waals surface area contributed by atoms with Gasteiger partial charge in [0.05, 0.1) is 6.04 Å². The van der Waals surface area contributed by atoms with Crippen LogP contribution in [0.2, 0.25) is 0 Å². The topological polar surface area (TPSA) is 161 Å². The molecule has 0 unspecified atom stereocenters. The smallest absolute Gasteiger partial charge is 0.323 e. The van der Waals surface area contributed by atoms with Crippen molar-refractivity contribution < 1.29 is 33.5 Å². The molecule has 6 N–H and O–H groups in total. The van der Waals surface area contributed by atoms with Crippen LogP contribution in [0.4, 0.5) is 0 Å². The number of thiol groups is 1. The second kappa shape index (κ2) is 6.31. The highest BCUT2D eigenvalue weighted by atomic mass is 32.1. The van der Waals surface area contributed by atoms with Gasteiger partial charge in [-0.3, -0.25) is 13.9 Å². The maximum atomic E-state index is 11.5. The molecular formula is C5H14N2O7P2S. The molecule has 0 aliphatic rings. The van der Waals surface area contributed by atoms with E-state index in [1.165, 1.54) is 0 Å². The third-order valence-corrected chi connectivity index (χ3v) is 3.35. The zero-order valence-electron chi connectivity index (χ0n) is 8.58. The summed E-state index contributed by atoms with van der Waals surface area (Å²) in [6, 6.07) is -1.18. The van der Waals surface area contributed by atoms with Crippen molar-refractivity contribution in [3.05, 3.63) is 0 Å². The summed E-state index contributed by atoms with van der Waals surface area (Å²) in [5, 5.41) is 0. The van der Waals surface area contributed by atoms with Gasteiger partial charge in [0.2, 0.25) is 5.91 Å². The Hall–Kier alpha value is 0.0800. The van der Waals surface area contributed by atoms with Gasteiger partial charge < -0.3 is 30.2 Å². The Morgan fingerprint density at radius 1 is 1.18 bits per heavy atom. The van der Waals surface area contributed by atoms with E-state index in [-0.39, 0.29) is 5.75 Å². The fourth-order valence-corrected chi connectivity index (χ4v) is 2.62. The molecule has 1 amide bonds. The van der Waals surface area contributed by atoms with Gasteiger partial charge in [0.15, 0.2) is 0 Å². The number of nitrogens with zero attached hydrogens (tertiary/aromatic N) is 1. The fourth-order valence-electron chi connectivity index (χ4n) is 0.941. The van der Waals surface area contributed by atoms with Crippen LogP contribution in [0.1, 0.15) is 0 Å². The number of hydrogen-bond acceptors (Lipinski definition) is 5. The summed E-state index contributed by atoms with van der Waals surface area (Å²) >= 11 is 3.71. The Morgan fingerprint density at radius 2 is 1.53 bits per heavy atom. The van der Waals surface area contributed by atoms with Crippen LogP contribution in [0.5, 0.6) is 0 Å². The monoisotopic (exact) mass is 308 g/mol. The van der Waals surface area contributed by atoms with E-state index in [1.54, 1.807) is 0 Å². The predicted octanol–water partition coefficient (Wildman–Crippen LogP) is -1.66. The first-order valence-electron chi connectivity index (χ1n) is 4.20. The molecule has 17 heavy (non-hydrogen) atoms. The van der Waals surface area contributed by atoms with Crippen molar-refractivity contribution in [1.29, 1.82) is 0 Å². The molecular weight excluding hydrogens is 294 g/mol. The van der Waals surface area contributed by atoms with Crippen molar-refractivity contribution in [2.24, 2.45) is 5.73 Å². The van der Waals surface area contributed by atoms with Crippen LogP contribution in [0.3, 0.4) is 0 Å². The minimum Gasteiger partial charge on any atom is -0.323 e. The van der Waals surface area contributed by atoms with Crippen LogP contribution >= 0.6 is 27.8 Å². The van der Waals surface area contributed by atoms with Gasteiger partial charge in [-0.2, -0.15) is 12.6 Å². The Morgan fingerprint density at radius 3 is 1.76 bits per heavy atom. The molecule has 0 aromatic rings. The zero-order valence-corrected chi connectivity index (χ0v) is 11.3. The summed E-state index contributed by atoms with van der Waals surface area (Å²) in [6.45, 7) is 0. The van der Waals surface area contributed by atoms with Gasteiger partial charge in [0.25, 0.3) is 0 Å². The molecule has 0 heterocycles. The SMILES string of the molecule is N[C@@H](CS)C(=O)N(CP(=O)(O)O)CP(=O)(O)O. The lowest BCUT2D eigenvalue weighted by Crippen LogP contribution is -2.45. The third-order valence-electron chi connectivity index (χ3n) is 1.54. The summed E-state index contributed by atoms with van der Waals surface area (Å²) in [5.74, 6) is -1.09. The summed E-state index contributed by atoms with van der Waals surface area (Å²) in [7, 11) is -9.26. The highest BCUT2D eigenvalue weighted by molar-refractivity contribution is 7.80. The molecule has 0 saturated heterocycles. The molecule has 0 aliphatic carbocycles. The van der Waals surface area contributed by atoms with E-state index in [9.17, 15) is 13.9 Å². The van der Waals surface area contributed by atoms with Crippen molar-refractivity contribution in [3.63, 3.8) is 0 Å². The van der Waals surface area contributed by atoms with Crippen molar-refractivity contribution in [3.8, 4) is 0 Å². The van der Waals surface area contributed by atoms with E-state index in [0.717, 1.165) is 0 Å². The first kappa shape index (κ1) is 17.1. The highest BCUT2D eigenvalue weighted by Crippen LogP contribution is 2.40. The molecule has 1 atom stereocenters. The van der Waals surface area contributed by atoms with Crippen molar-refractivity contribution in [1.82, 2.24) is 4.90 Å². The van der Waals surface area contributed by atoms with Crippen LogP contribution in [0, 0.1) is 0 Å². The highest BCUT2D eigenvalue weighted by Gasteiger charge is 2.31. The third kappa shape index (κ3) is 7.91. The van der Waals surface area contributed by atoms with Crippen molar-refractivity contribution in [2.45, 2.75) is 6.04 Å². The lowest BCUT2D eigenvalue weighted by Gasteiger charge is -2.25. The molecule has 0 fully saturated rings. The van der Waals surface area contributed by atoms with Gasteiger partial charge in [-0.25, -0.2) is 0 Å². The first-order chi connectivity index (χ1) is 7.46. The normalized spacial score (nSPS) is 14.5. The number of carbonyl (C=O) groups excluding carboxylic acids is 1. The van der Waals surface area contributed by atoms with Gasteiger partial charge in [-0.05, 0) is 0 Å². The van der Waals surface area contributed by atoms with E-state index < -0.39 is 39.7 Å². The van der Waals surface area contributed by atoms with E-state index in [2.05, 4.69) is 12.6 Å². The van der Waals surface area contributed by atoms with Crippen LogP contribution < -0.4 is 5.73 Å². The molecule has 0 spiro atoms. The van der Waals surface area contributed by atoms with Gasteiger partial charge in [0.1, 0.15) is 12.6 Å². The van der Waals surface area contributed by atoms with Crippen LogP contribution in [0.15, 0.2) is 0 Å². The first-order valence-corrected chi connectivity index (χ1v) is 8.43. The minimum atomic E-state index is -4.63. The summed E-state index contributed by atoms with van der Waals surface area (Å²) < 4.78 is 21.5. The molecule has 0 rings (SSSR count). The number of hydrogen-bond donors (Lipinski definition) is 6. The molecule has 0 bridgehead atoms. The van der Waals surface area contributed by atoms with Gasteiger partial charge in [-0.1, -0.05) is 0 Å². The van der Waals surface area contributed by atoms with E-state index in [4.69, 9.17) is 25.3 Å². The number of rotatable bonds is 6. The Balaban J connectivity index is 4.92. The average Bonchev–Trinajstić information content (AvgIpc) is 2.09. The lowest BCUT2D eigenvalue weighted by atomic mass is 10.3. The number of carbonyl (C=O) groups is 1. The van der Waals surface area contributed by atoms with Crippen LogP contribution in [-0.4, -0.2) is 54.7 Å². The molecule has 12 heteroatoms. The van der Waals surface area contributed by atoms with Crippen LogP contribution in [0.25, 0.3) is 0 Å². The molecule has 0 aromatic carbocycles. The van der Waals surface area contributed by atoms with Gasteiger partial charge in [-0.15, -0.1) is 0 Å². The maximum absolute atomic E-state index is 11.5. The molecule has 0 saturated carbocycles. The predicted molar refractivity (Wildman–Crippen MR) is 62.5 cm³/mol. The van der Waals surface area contributed by atoms with Crippen molar-refractivity contribution in [2.75, 3.05) is 18.3 Å². The minimum absolute atomic E-state index is 0.113. The Bertz CT molecular complexity index is 341. The number of amides is 1. The zero-order chi connectivity index (χ0) is 13.9. The van der Waals surface area contributed by atoms with Gasteiger partial charge in [0, 0.05) is 5.75 Å². The average molecular weight is 308 g/mol. The molecule has 102 valence electrons. The molecule has 0 aliphatic heterocycles. The molecule has 9 nitrogen and oxygen atoms in total. The Labute approximate surface area is 103 Å². The van der Waals surface area contributed by atoms with Crippen molar-refractivity contribution >= 4 is 33.7 Å². The second-order valence-corrected chi connectivity index (χ2v) is 6.87. The van der Waals surface area contributed by atoms with Crippen LogP contribution in [-0.2, 0) is 13.9 Å². The van der Waals surface area contributed by atoms with Gasteiger partial charge >= 0.3 is 15.2 Å². The quantitative estimate of drug-likeness (QED) is 0.251. The summed E-state index contributed by atoms with van der Waals surface area (Å²) in [4.78, 5) is 46.6. The maximum Gasteiger partial charge on any atom is 0.344 e. The lowest BCUT2D eigenvalue weighted by molar-refractivity contribution is -0.130. The summed E-state index contributed by atoms with van der Waals surface area (Å²) in [5.41, 5.74) is 5.28.